The van der Waals surface area contributed by atoms with E-state index in [4.69, 9.17) is 5.53 Å². The van der Waals surface area contributed by atoms with E-state index < -0.39 is 0 Å². The topological polar surface area (TPSA) is 89.1 Å². The lowest BCUT2D eigenvalue weighted by molar-refractivity contribution is 0.413. The summed E-state index contributed by atoms with van der Waals surface area (Å²) in [5.74, 6) is 2.68. The normalized spacial score (nSPS) is 27.2. The summed E-state index contributed by atoms with van der Waals surface area (Å²) in [7, 11) is 0. The van der Waals surface area contributed by atoms with Crippen LogP contribution in [0.1, 0.15) is 25.7 Å². The zero-order valence-corrected chi connectivity index (χ0v) is 14.9. The van der Waals surface area contributed by atoms with Gasteiger partial charge in [0.25, 0.3) is 0 Å². The highest BCUT2D eigenvalue weighted by Crippen LogP contribution is 2.33. The van der Waals surface area contributed by atoms with Crippen molar-refractivity contribution in [1.29, 1.82) is 5.53 Å². The summed E-state index contributed by atoms with van der Waals surface area (Å²) >= 11 is 0. The maximum absolute atomic E-state index is 7.42. The molecule has 0 aromatic carbocycles. The molecule has 7 heteroatoms. The van der Waals surface area contributed by atoms with Gasteiger partial charge in [-0.25, -0.2) is 10.5 Å². The van der Waals surface area contributed by atoms with Crippen molar-refractivity contribution < 1.29 is 0 Å². The minimum Gasteiger partial charge on any atom is -0.368 e. The molecule has 3 aliphatic rings. The van der Waals surface area contributed by atoms with Crippen LogP contribution in [0.15, 0.2) is 39.4 Å². The summed E-state index contributed by atoms with van der Waals surface area (Å²) in [6.07, 6.45) is 12.9. The Morgan fingerprint density at radius 3 is 3.12 bits per heavy atom. The minimum atomic E-state index is 0.458. The van der Waals surface area contributed by atoms with Crippen LogP contribution in [0.2, 0.25) is 0 Å². The molecule has 7 nitrogen and oxygen atoms in total. The molecule has 1 saturated carbocycles. The Labute approximate surface area is 153 Å². The summed E-state index contributed by atoms with van der Waals surface area (Å²) in [6.45, 7) is 2.51. The van der Waals surface area contributed by atoms with Gasteiger partial charge in [0.2, 0.25) is 0 Å². The Morgan fingerprint density at radius 1 is 1.31 bits per heavy atom. The van der Waals surface area contributed by atoms with E-state index in [0.29, 0.717) is 29.4 Å². The molecule has 0 spiro atoms. The van der Waals surface area contributed by atoms with Gasteiger partial charge in [0.15, 0.2) is 5.82 Å². The van der Waals surface area contributed by atoms with Gasteiger partial charge in [-0.15, -0.1) is 0 Å². The van der Waals surface area contributed by atoms with Gasteiger partial charge in [0.05, 0.1) is 18.9 Å². The highest BCUT2D eigenvalue weighted by Gasteiger charge is 2.27. The maximum atomic E-state index is 7.42. The summed E-state index contributed by atoms with van der Waals surface area (Å²) in [6, 6.07) is 4.21. The van der Waals surface area contributed by atoms with Crippen molar-refractivity contribution in [3.8, 4) is 0 Å². The molecule has 1 fully saturated rings. The standard InChI is InChI=1S/C19H25N7/c20-25-17-6-7-18(26-10-9-21-13-26)24-19(17)23-12-14-3-1-5-16-15(11-14)4-2-8-22-16/h2,4,6-8,13-16,20H,1,3,5,9-12H2,(H,23,24)/t14?,15-,16?/m0/s1. The van der Waals surface area contributed by atoms with E-state index in [9.17, 15) is 0 Å². The Bertz CT molecular complexity index is 739. The molecule has 2 aliphatic heterocycles. The number of anilines is 2. The Hall–Kier alpha value is -2.57. The summed E-state index contributed by atoms with van der Waals surface area (Å²) in [5.41, 5.74) is 8.01. The SMILES string of the molecule is N=Nc1ccc(N2C=NCC2)nc1NCC1CCCC2N=CC=C[C@H]2C1. The molecule has 2 N–H and O–H groups in total. The van der Waals surface area contributed by atoms with Crippen molar-refractivity contribution in [2.45, 2.75) is 31.7 Å². The van der Waals surface area contributed by atoms with Crippen LogP contribution in [0, 0.1) is 17.4 Å². The van der Waals surface area contributed by atoms with Gasteiger partial charge in [0.1, 0.15) is 11.5 Å². The van der Waals surface area contributed by atoms with Crippen LogP contribution < -0.4 is 10.2 Å². The first-order valence-corrected chi connectivity index (χ1v) is 9.42. The predicted octanol–water partition coefficient (Wildman–Crippen LogP) is 3.82. The quantitative estimate of drug-likeness (QED) is 0.790. The summed E-state index contributed by atoms with van der Waals surface area (Å²) in [4.78, 5) is 15.6. The van der Waals surface area contributed by atoms with Gasteiger partial charge < -0.3 is 10.2 Å². The predicted molar refractivity (Wildman–Crippen MR) is 105 cm³/mol. The third kappa shape index (κ3) is 3.66. The van der Waals surface area contributed by atoms with E-state index in [2.05, 4.69) is 37.6 Å². The van der Waals surface area contributed by atoms with Gasteiger partial charge in [-0.3, -0.25) is 9.98 Å². The zero-order valence-electron chi connectivity index (χ0n) is 14.9. The van der Waals surface area contributed by atoms with Crippen molar-refractivity contribution in [1.82, 2.24) is 4.98 Å². The molecule has 1 aliphatic carbocycles. The molecule has 136 valence electrons. The number of hydrogen-bond donors (Lipinski definition) is 2. The van der Waals surface area contributed by atoms with Crippen molar-refractivity contribution in [3.05, 3.63) is 24.3 Å². The number of allylic oxidation sites excluding steroid dienone is 1. The van der Waals surface area contributed by atoms with Crippen molar-refractivity contribution in [2.75, 3.05) is 29.9 Å². The van der Waals surface area contributed by atoms with Crippen LogP contribution in [-0.2, 0) is 0 Å². The van der Waals surface area contributed by atoms with Crippen molar-refractivity contribution in [3.63, 3.8) is 0 Å². The third-order valence-electron chi connectivity index (χ3n) is 5.46. The highest BCUT2D eigenvalue weighted by atomic mass is 15.3. The lowest BCUT2D eigenvalue weighted by Gasteiger charge is -2.23. The van der Waals surface area contributed by atoms with E-state index >= 15 is 0 Å². The molecule has 2 unspecified atom stereocenters. The first kappa shape index (κ1) is 16.9. The number of aromatic nitrogens is 1. The molecule has 0 saturated heterocycles. The zero-order chi connectivity index (χ0) is 17.8. The number of hydrogen-bond acceptors (Lipinski definition) is 7. The van der Waals surface area contributed by atoms with E-state index in [-0.39, 0.29) is 0 Å². The first-order chi connectivity index (χ1) is 12.8. The Balaban J connectivity index is 1.44. The average molecular weight is 351 g/mol. The second-order valence-corrected chi connectivity index (χ2v) is 7.19. The van der Waals surface area contributed by atoms with E-state index in [1.54, 1.807) is 0 Å². The van der Waals surface area contributed by atoms with Crippen molar-refractivity contribution >= 4 is 29.9 Å². The fraction of sp³-hybridized carbons (Fsp3) is 0.526. The second kappa shape index (κ2) is 7.76. The Morgan fingerprint density at radius 2 is 2.27 bits per heavy atom. The maximum Gasteiger partial charge on any atom is 0.156 e. The summed E-state index contributed by atoms with van der Waals surface area (Å²) in [5, 5.41) is 7.09. The number of aliphatic imine (C=N–C) groups is 2. The Kier molecular flexibility index (Phi) is 5.04. The van der Waals surface area contributed by atoms with E-state index in [1.165, 1.54) is 19.3 Å². The molecule has 3 atom stereocenters. The number of dihydropyridines is 1. The van der Waals surface area contributed by atoms with Gasteiger partial charge >= 0.3 is 0 Å². The van der Waals surface area contributed by atoms with Crippen molar-refractivity contribution in [2.24, 2.45) is 26.9 Å². The van der Waals surface area contributed by atoms with Gasteiger partial charge in [-0.1, -0.05) is 12.5 Å². The molecular formula is C19H25N7. The lowest BCUT2D eigenvalue weighted by atomic mass is 9.89. The van der Waals surface area contributed by atoms with Crippen LogP contribution in [-0.4, -0.2) is 43.2 Å². The molecule has 0 bridgehead atoms. The van der Waals surface area contributed by atoms with E-state index in [1.807, 2.05) is 29.6 Å². The number of fused-ring (bicyclic) bond motifs is 1. The summed E-state index contributed by atoms with van der Waals surface area (Å²) < 4.78 is 0. The first-order valence-electron chi connectivity index (χ1n) is 9.42. The molecule has 0 radical (unpaired) electrons. The fourth-order valence-electron chi connectivity index (χ4n) is 4.04. The second-order valence-electron chi connectivity index (χ2n) is 7.19. The molecule has 1 aromatic rings. The fourth-order valence-corrected chi connectivity index (χ4v) is 4.04. The molecule has 3 heterocycles. The smallest absolute Gasteiger partial charge is 0.156 e. The third-order valence-corrected chi connectivity index (χ3v) is 5.46. The number of pyridine rings is 1. The lowest BCUT2D eigenvalue weighted by Crippen LogP contribution is -2.23. The van der Waals surface area contributed by atoms with E-state index in [0.717, 1.165) is 31.9 Å². The average Bonchev–Trinajstić information content (AvgIpc) is 3.13. The van der Waals surface area contributed by atoms with Crippen LogP contribution in [0.25, 0.3) is 0 Å². The monoisotopic (exact) mass is 351 g/mol. The van der Waals surface area contributed by atoms with Crippen LogP contribution >= 0.6 is 0 Å². The number of nitrogens with zero attached hydrogens (tertiary/aromatic N) is 5. The molecular weight excluding hydrogens is 326 g/mol. The molecule has 0 amide bonds. The van der Waals surface area contributed by atoms with Gasteiger partial charge in [0, 0.05) is 19.3 Å². The minimum absolute atomic E-state index is 0.458. The van der Waals surface area contributed by atoms with Gasteiger partial charge in [-0.05, 0) is 49.3 Å². The van der Waals surface area contributed by atoms with Crippen LogP contribution in [0.4, 0.5) is 17.3 Å². The van der Waals surface area contributed by atoms with Gasteiger partial charge in [-0.2, -0.15) is 5.11 Å². The van der Waals surface area contributed by atoms with Crippen LogP contribution in [0.3, 0.4) is 0 Å². The molecule has 4 rings (SSSR count). The molecule has 26 heavy (non-hydrogen) atoms. The molecule has 1 aromatic heterocycles. The number of nitrogens with one attached hydrogen (secondary N) is 2. The highest BCUT2D eigenvalue weighted by molar-refractivity contribution is 5.80. The largest absolute Gasteiger partial charge is 0.368 e. The number of rotatable bonds is 5. The van der Waals surface area contributed by atoms with Crippen LogP contribution in [0.5, 0.6) is 0 Å².